The molecule has 0 atom stereocenters. The van der Waals surface area contributed by atoms with Crippen molar-refractivity contribution in [1.29, 1.82) is 0 Å². The number of benzene rings is 1. The molecule has 0 unspecified atom stereocenters. The minimum Gasteiger partial charge on any atom is -0.318 e. The van der Waals surface area contributed by atoms with E-state index in [0.717, 1.165) is 4.47 Å². The highest BCUT2D eigenvalue weighted by Gasteiger charge is 2.14. The summed E-state index contributed by atoms with van der Waals surface area (Å²) < 4.78 is 2.53. The number of nitro benzene ring substituents is 1. The Bertz CT molecular complexity index is 494. The van der Waals surface area contributed by atoms with E-state index in [2.05, 4.69) is 15.9 Å². The molecule has 2 rings (SSSR count). The Kier molecular flexibility index (Phi) is 2.55. The maximum absolute atomic E-state index is 10.8. The Labute approximate surface area is 94.4 Å². The molecule has 0 amide bonds. The zero-order chi connectivity index (χ0) is 10.8. The second-order valence-electron chi connectivity index (χ2n) is 2.98. The summed E-state index contributed by atoms with van der Waals surface area (Å²) in [7, 11) is 0. The van der Waals surface area contributed by atoms with E-state index >= 15 is 0 Å². The van der Waals surface area contributed by atoms with Gasteiger partial charge in [0.25, 0.3) is 5.69 Å². The van der Waals surface area contributed by atoms with Gasteiger partial charge in [-0.1, -0.05) is 15.9 Å². The van der Waals surface area contributed by atoms with Crippen LogP contribution in [0.25, 0.3) is 5.69 Å². The van der Waals surface area contributed by atoms with Crippen LogP contribution < -0.4 is 0 Å². The van der Waals surface area contributed by atoms with Crippen molar-refractivity contribution in [1.82, 2.24) is 4.57 Å². The van der Waals surface area contributed by atoms with E-state index < -0.39 is 0 Å². The number of rotatable bonds is 2. The summed E-state index contributed by atoms with van der Waals surface area (Å²) in [6.45, 7) is 0. The normalized spacial score (nSPS) is 10.2. The van der Waals surface area contributed by atoms with Gasteiger partial charge in [-0.25, -0.2) is 0 Å². The summed E-state index contributed by atoms with van der Waals surface area (Å²) >= 11 is 3.30. The van der Waals surface area contributed by atoms with E-state index in [-0.39, 0.29) is 10.6 Å². The molecule has 76 valence electrons. The van der Waals surface area contributed by atoms with Gasteiger partial charge in [0.2, 0.25) is 0 Å². The van der Waals surface area contributed by atoms with Gasteiger partial charge in [0.05, 0.1) is 4.92 Å². The lowest BCUT2D eigenvalue weighted by atomic mass is 10.2. The lowest BCUT2D eigenvalue weighted by Gasteiger charge is -2.04. The quantitative estimate of drug-likeness (QED) is 0.619. The third kappa shape index (κ3) is 1.92. The highest BCUT2D eigenvalue weighted by Crippen LogP contribution is 2.26. The molecule has 2 aromatic rings. The molecule has 0 saturated carbocycles. The summed E-state index contributed by atoms with van der Waals surface area (Å²) in [5.41, 5.74) is 0.647. The molecule has 0 saturated heterocycles. The Morgan fingerprint density at radius 2 is 1.93 bits per heavy atom. The summed E-state index contributed by atoms with van der Waals surface area (Å²) in [6.07, 6.45) is 3.55. The molecule has 4 nitrogen and oxygen atoms in total. The second-order valence-corrected chi connectivity index (χ2v) is 3.90. The van der Waals surface area contributed by atoms with E-state index in [1.54, 1.807) is 29.1 Å². The Morgan fingerprint density at radius 3 is 2.53 bits per heavy atom. The molecule has 0 aliphatic heterocycles. The molecule has 0 aliphatic rings. The van der Waals surface area contributed by atoms with Crippen molar-refractivity contribution in [3.05, 3.63) is 57.3 Å². The summed E-state index contributed by atoms with van der Waals surface area (Å²) in [5, 5.41) is 10.8. The Balaban J connectivity index is 2.63. The largest absolute Gasteiger partial charge is 0.318 e. The van der Waals surface area contributed by atoms with E-state index in [9.17, 15) is 10.1 Å². The Morgan fingerprint density at radius 1 is 1.27 bits per heavy atom. The van der Waals surface area contributed by atoms with Crippen LogP contribution in [0.4, 0.5) is 5.69 Å². The molecule has 0 fully saturated rings. The maximum Gasteiger partial charge on any atom is 0.293 e. The van der Waals surface area contributed by atoms with Gasteiger partial charge in [0.15, 0.2) is 0 Å². The van der Waals surface area contributed by atoms with Gasteiger partial charge in [0.1, 0.15) is 5.69 Å². The molecule has 1 aromatic carbocycles. The zero-order valence-corrected chi connectivity index (χ0v) is 9.22. The highest BCUT2D eigenvalue weighted by atomic mass is 79.9. The van der Waals surface area contributed by atoms with Crippen LogP contribution in [-0.2, 0) is 0 Å². The van der Waals surface area contributed by atoms with Crippen molar-refractivity contribution < 1.29 is 4.92 Å². The molecule has 0 spiro atoms. The van der Waals surface area contributed by atoms with Crippen LogP contribution in [-0.4, -0.2) is 9.49 Å². The fraction of sp³-hybridized carbons (Fsp3) is 0. The van der Waals surface area contributed by atoms with Crippen molar-refractivity contribution in [2.45, 2.75) is 0 Å². The minimum atomic E-state index is -0.387. The van der Waals surface area contributed by atoms with E-state index in [1.807, 2.05) is 12.1 Å². The first kappa shape index (κ1) is 9.92. The van der Waals surface area contributed by atoms with Crippen molar-refractivity contribution in [2.24, 2.45) is 0 Å². The van der Waals surface area contributed by atoms with Crippen LogP contribution in [0.15, 0.2) is 47.2 Å². The molecule has 1 aromatic heterocycles. The van der Waals surface area contributed by atoms with Crippen LogP contribution in [0.2, 0.25) is 0 Å². The molecule has 0 radical (unpaired) electrons. The van der Waals surface area contributed by atoms with Gasteiger partial charge in [-0.2, -0.15) is 0 Å². The predicted molar refractivity (Wildman–Crippen MR) is 60.1 cm³/mol. The van der Waals surface area contributed by atoms with Crippen molar-refractivity contribution in [3.63, 3.8) is 0 Å². The Hall–Kier alpha value is -1.62. The molecular formula is C10H7BrN2O2. The SMILES string of the molecule is O=[N+]([O-])c1ccc(Br)cc1-n1cccc1. The van der Waals surface area contributed by atoms with Crippen LogP contribution in [0, 0.1) is 10.1 Å². The average molecular weight is 267 g/mol. The van der Waals surface area contributed by atoms with Gasteiger partial charge in [-0.05, 0) is 24.3 Å². The zero-order valence-electron chi connectivity index (χ0n) is 7.63. The third-order valence-corrected chi connectivity index (χ3v) is 2.51. The van der Waals surface area contributed by atoms with Crippen molar-refractivity contribution in [3.8, 4) is 5.69 Å². The van der Waals surface area contributed by atoms with Crippen LogP contribution in [0.3, 0.4) is 0 Å². The predicted octanol–water partition coefficient (Wildman–Crippen LogP) is 3.15. The lowest BCUT2D eigenvalue weighted by Crippen LogP contribution is -1.97. The number of hydrogen-bond acceptors (Lipinski definition) is 2. The summed E-state index contributed by atoms with van der Waals surface area (Å²) in [4.78, 5) is 10.4. The van der Waals surface area contributed by atoms with E-state index in [0.29, 0.717) is 5.69 Å². The molecule has 0 bridgehead atoms. The van der Waals surface area contributed by atoms with Gasteiger partial charge in [-0.15, -0.1) is 0 Å². The first-order chi connectivity index (χ1) is 7.18. The average Bonchev–Trinajstić information content (AvgIpc) is 2.69. The highest BCUT2D eigenvalue weighted by molar-refractivity contribution is 9.10. The van der Waals surface area contributed by atoms with Gasteiger partial charge < -0.3 is 4.57 Å². The molecule has 5 heteroatoms. The van der Waals surface area contributed by atoms with Gasteiger partial charge in [-0.3, -0.25) is 10.1 Å². The number of hydrogen-bond donors (Lipinski definition) is 0. The van der Waals surface area contributed by atoms with Crippen LogP contribution in [0.1, 0.15) is 0 Å². The topological polar surface area (TPSA) is 48.1 Å². The minimum absolute atomic E-state index is 0.0920. The first-order valence-corrected chi connectivity index (χ1v) is 5.05. The smallest absolute Gasteiger partial charge is 0.293 e. The lowest BCUT2D eigenvalue weighted by molar-refractivity contribution is -0.384. The van der Waals surface area contributed by atoms with E-state index in [4.69, 9.17) is 0 Å². The van der Waals surface area contributed by atoms with E-state index in [1.165, 1.54) is 6.07 Å². The van der Waals surface area contributed by atoms with Crippen LogP contribution >= 0.6 is 15.9 Å². The second kappa shape index (κ2) is 3.86. The third-order valence-electron chi connectivity index (χ3n) is 2.02. The number of halogens is 1. The van der Waals surface area contributed by atoms with Crippen molar-refractivity contribution in [2.75, 3.05) is 0 Å². The molecule has 15 heavy (non-hydrogen) atoms. The van der Waals surface area contributed by atoms with Gasteiger partial charge >= 0.3 is 0 Å². The summed E-state index contributed by atoms with van der Waals surface area (Å²) in [5.74, 6) is 0. The molecule has 0 aliphatic carbocycles. The molecule has 1 heterocycles. The monoisotopic (exact) mass is 266 g/mol. The number of nitrogens with zero attached hydrogens (tertiary/aromatic N) is 2. The standard InChI is InChI=1S/C10H7BrN2O2/c11-8-3-4-9(13(14)15)10(7-8)12-5-1-2-6-12/h1-7H. The first-order valence-electron chi connectivity index (χ1n) is 4.26. The fourth-order valence-electron chi connectivity index (χ4n) is 1.35. The summed E-state index contributed by atoms with van der Waals surface area (Å²) in [6, 6.07) is 8.51. The van der Waals surface area contributed by atoms with Gasteiger partial charge in [0, 0.05) is 22.9 Å². The van der Waals surface area contributed by atoms with Crippen LogP contribution in [0.5, 0.6) is 0 Å². The van der Waals surface area contributed by atoms with Crippen molar-refractivity contribution >= 4 is 21.6 Å². The fourth-order valence-corrected chi connectivity index (χ4v) is 1.70. The molecule has 0 N–H and O–H groups in total. The number of aromatic nitrogens is 1. The molecular weight excluding hydrogens is 260 g/mol. The number of nitro groups is 1. The maximum atomic E-state index is 10.8.